The van der Waals surface area contributed by atoms with Gasteiger partial charge in [-0.3, -0.25) is 4.79 Å². The summed E-state index contributed by atoms with van der Waals surface area (Å²) in [5.74, 6) is 0.591. The molecule has 2 heterocycles. The van der Waals surface area contributed by atoms with Crippen molar-refractivity contribution in [1.29, 1.82) is 0 Å². The predicted molar refractivity (Wildman–Crippen MR) is 130 cm³/mol. The number of aromatic nitrogens is 4. The molecule has 0 saturated heterocycles. The van der Waals surface area contributed by atoms with Gasteiger partial charge in [0.1, 0.15) is 17.6 Å². The van der Waals surface area contributed by atoms with E-state index in [1.54, 1.807) is 25.5 Å². The third-order valence-corrected chi connectivity index (χ3v) is 5.58. The second-order valence-electron chi connectivity index (χ2n) is 8.20. The highest BCUT2D eigenvalue weighted by atomic mass is 16.2. The van der Waals surface area contributed by atoms with Crippen molar-refractivity contribution in [2.45, 2.75) is 25.8 Å². The van der Waals surface area contributed by atoms with E-state index in [1.165, 1.54) is 15.9 Å². The Kier molecular flexibility index (Phi) is 6.90. The zero-order chi connectivity index (χ0) is 23.2. The van der Waals surface area contributed by atoms with Crippen molar-refractivity contribution in [3.8, 4) is 11.3 Å². The summed E-state index contributed by atoms with van der Waals surface area (Å²) in [6.07, 6.45) is 3.36. The molecular formula is C26H28N6O. The Hall–Kier alpha value is -3.84. The van der Waals surface area contributed by atoms with Crippen molar-refractivity contribution in [2.24, 2.45) is 7.05 Å². The maximum absolute atomic E-state index is 13.2. The summed E-state index contributed by atoms with van der Waals surface area (Å²) in [5.41, 5.74) is 4.95. The van der Waals surface area contributed by atoms with Gasteiger partial charge in [0.25, 0.3) is 0 Å². The molecule has 7 heteroatoms. The van der Waals surface area contributed by atoms with Gasteiger partial charge in [-0.1, -0.05) is 67.1 Å². The molecule has 0 saturated carbocycles. The van der Waals surface area contributed by atoms with Crippen molar-refractivity contribution in [1.82, 2.24) is 25.3 Å². The van der Waals surface area contributed by atoms with E-state index in [-0.39, 0.29) is 11.8 Å². The summed E-state index contributed by atoms with van der Waals surface area (Å²) in [4.78, 5) is 19.1. The minimum absolute atomic E-state index is 0.156. The first kappa shape index (κ1) is 22.4. The van der Waals surface area contributed by atoms with E-state index in [0.29, 0.717) is 12.4 Å². The summed E-state index contributed by atoms with van der Waals surface area (Å²) in [5, 5.41) is 14.7. The van der Waals surface area contributed by atoms with Crippen molar-refractivity contribution in [2.75, 3.05) is 11.9 Å². The third kappa shape index (κ3) is 5.70. The second kappa shape index (κ2) is 10.2. The van der Waals surface area contributed by atoms with Crippen LogP contribution in [-0.2, 0) is 11.8 Å². The summed E-state index contributed by atoms with van der Waals surface area (Å²) >= 11 is 0. The molecule has 33 heavy (non-hydrogen) atoms. The molecule has 0 aliphatic heterocycles. The first-order chi connectivity index (χ1) is 16.0. The van der Waals surface area contributed by atoms with Crippen LogP contribution in [0.15, 0.2) is 79.1 Å². The summed E-state index contributed by atoms with van der Waals surface area (Å²) in [6, 6.07) is 21.4. The lowest BCUT2D eigenvalue weighted by Crippen LogP contribution is -2.35. The number of hydrogen-bond donors (Lipinski definition) is 2. The Labute approximate surface area is 193 Å². The molecule has 1 amide bonds. The van der Waals surface area contributed by atoms with Gasteiger partial charge in [0.2, 0.25) is 5.91 Å². The molecule has 2 atom stereocenters. The fourth-order valence-electron chi connectivity index (χ4n) is 3.61. The standard InChI is InChI=1S/C26H28N6O/c1-18-9-11-20(12-10-18)19(2)15-28-25(21-7-5-4-6-8-21)26(33)30-24-14-13-22(16-27-24)23-17-29-32(3)31-23/h4-14,16-17,19,25,28H,15H2,1-3H3,(H,27,30,33)/t19-,25-/m0/s1. The highest BCUT2D eigenvalue weighted by Crippen LogP contribution is 2.21. The number of aryl methyl sites for hydroxylation is 2. The number of carbonyl (C=O) groups is 1. The minimum atomic E-state index is -0.499. The Morgan fingerprint density at radius 3 is 2.36 bits per heavy atom. The molecule has 0 bridgehead atoms. The Bertz CT molecular complexity index is 1190. The number of anilines is 1. The molecule has 0 fully saturated rings. The average molecular weight is 441 g/mol. The number of hydrogen-bond acceptors (Lipinski definition) is 5. The quantitative estimate of drug-likeness (QED) is 0.428. The van der Waals surface area contributed by atoms with E-state index in [0.717, 1.165) is 16.8 Å². The maximum atomic E-state index is 13.2. The number of carbonyl (C=O) groups excluding carboxylic acids is 1. The molecule has 0 radical (unpaired) electrons. The molecule has 4 aromatic rings. The van der Waals surface area contributed by atoms with Crippen LogP contribution in [0.5, 0.6) is 0 Å². The summed E-state index contributed by atoms with van der Waals surface area (Å²) in [6.45, 7) is 4.90. The molecule has 2 aromatic carbocycles. The van der Waals surface area contributed by atoms with Crippen LogP contribution in [0.2, 0.25) is 0 Å². The molecule has 0 spiro atoms. The summed E-state index contributed by atoms with van der Waals surface area (Å²) in [7, 11) is 1.77. The van der Waals surface area contributed by atoms with Crippen molar-refractivity contribution >= 4 is 11.7 Å². The number of pyridine rings is 1. The Balaban J connectivity index is 1.46. The molecule has 0 unspecified atom stereocenters. The van der Waals surface area contributed by atoms with Gasteiger partial charge in [0.05, 0.1) is 6.20 Å². The highest BCUT2D eigenvalue weighted by Gasteiger charge is 2.21. The first-order valence-corrected chi connectivity index (χ1v) is 11.0. The van der Waals surface area contributed by atoms with E-state index in [2.05, 4.69) is 63.9 Å². The first-order valence-electron chi connectivity index (χ1n) is 11.0. The Morgan fingerprint density at radius 2 is 1.73 bits per heavy atom. The van der Waals surface area contributed by atoms with Crippen LogP contribution in [-0.4, -0.2) is 32.4 Å². The fraction of sp³-hybridized carbons (Fsp3) is 0.231. The maximum Gasteiger partial charge on any atom is 0.247 e. The van der Waals surface area contributed by atoms with E-state index in [1.807, 2.05) is 36.4 Å². The van der Waals surface area contributed by atoms with Crippen molar-refractivity contribution in [3.05, 3.63) is 95.8 Å². The number of benzene rings is 2. The van der Waals surface area contributed by atoms with E-state index >= 15 is 0 Å². The number of nitrogens with zero attached hydrogens (tertiary/aromatic N) is 4. The van der Waals surface area contributed by atoms with E-state index in [9.17, 15) is 4.79 Å². The molecule has 0 aliphatic rings. The van der Waals surface area contributed by atoms with Crippen LogP contribution in [0.3, 0.4) is 0 Å². The largest absolute Gasteiger partial charge is 0.309 e. The van der Waals surface area contributed by atoms with Gasteiger partial charge in [-0.15, -0.1) is 0 Å². The lowest BCUT2D eigenvalue weighted by Gasteiger charge is -2.21. The van der Waals surface area contributed by atoms with Crippen LogP contribution in [0.25, 0.3) is 11.3 Å². The smallest absolute Gasteiger partial charge is 0.247 e. The van der Waals surface area contributed by atoms with Crippen LogP contribution < -0.4 is 10.6 Å². The molecule has 4 rings (SSSR count). The summed E-state index contributed by atoms with van der Waals surface area (Å²) < 4.78 is 0. The normalized spacial score (nSPS) is 12.8. The van der Waals surface area contributed by atoms with Crippen LogP contribution in [0.4, 0.5) is 5.82 Å². The molecular weight excluding hydrogens is 412 g/mol. The Morgan fingerprint density at radius 1 is 0.970 bits per heavy atom. The number of amides is 1. The number of rotatable bonds is 8. The van der Waals surface area contributed by atoms with Crippen LogP contribution in [0.1, 0.15) is 35.6 Å². The average Bonchev–Trinajstić information content (AvgIpc) is 3.27. The van der Waals surface area contributed by atoms with Crippen LogP contribution >= 0.6 is 0 Å². The number of nitrogens with one attached hydrogen (secondary N) is 2. The van der Waals surface area contributed by atoms with Gasteiger partial charge in [-0.05, 0) is 36.1 Å². The second-order valence-corrected chi connectivity index (χ2v) is 8.20. The zero-order valence-corrected chi connectivity index (χ0v) is 19.1. The van der Waals surface area contributed by atoms with Gasteiger partial charge >= 0.3 is 0 Å². The highest BCUT2D eigenvalue weighted by molar-refractivity contribution is 5.94. The SMILES string of the molecule is Cc1ccc([C@@H](C)CN[C@H](C(=O)Nc2ccc(-c3cnn(C)n3)cn2)c2ccccc2)cc1. The lowest BCUT2D eigenvalue weighted by atomic mass is 9.98. The topological polar surface area (TPSA) is 84.7 Å². The lowest BCUT2D eigenvalue weighted by molar-refractivity contribution is -0.118. The minimum Gasteiger partial charge on any atom is -0.309 e. The van der Waals surface area contributed by atoms with E-state index < -0.39 is 6.04 Å². The van der Waals surface area contributed by atoms with Gasteiger partial charge < -0.3 is 10.6 Å². The molecule has 2 N–H and O–H groups in total. The third-order valence-electron chi connectivity index (χ3n) is 5.58. The van der Waals surface area contributed by atoms with Gasteiger partial charge in [-0.25, -0.2) is 4.98 Å². The molecule has 0 aliphatic carbocycles. The predicted octanol–water partition coefficient (Wildman–Crippen LogP) is 4.26. The monoisotopic (exact) mass is 440 g/mol. The van der Waals surface area contributed by atoms with Gasteiger partial charge in [0.15, 0.2) is 0 Å². The molecule has 7 nitrogen and oxygen atoms in total. The molecule has 2 aromatic heterocycles. The van der Waals surface area contributed by atoms with Gasteiger partial charge in [-0.2, -0.15) is 15.0 Å². The zero-order valence-electron chi connectivity index (χ0n) is 19.1. The van der Waals surface area contributed by atoms with Crippen LogP contribution in [0, 0.1) is 6.92 Å². The van der Waals surface area contributed by atoms with Gasteiger partial charge in [0, 0.05) is 25.4 Å². The van der Waals surface area contributed by atoms with Crippen molar-refractivity contribution < 1.29 is 4.79 Å². The van der Waals surface area contributed by atoms with Crippen molar-refractivity contribution in [3.63, 3.8) is 0 Å². The fourth-order valence-corrected chi connectivity index (χ4v) is 3.61. The van der Waals surface area contributed by atoms with E-state index in [4.69, 9.17) is 0 Å². The molecule has 168 valence electrons.